The van der Waals surface area contributed by atoms with E-state index in [-0.39, 0.29) is 12.0 Å². The van der Waals surface area contributed by atoms with E-state index in [1.807, 2.05) is 12.1 Å². The summed E-state index contributed by atoms with van der Waals surface area (Å²) in [5.41, 5.74) is 2.55. The number of aliphatic hydroxyl groups is 1. The molecule has 29 heavy (non-hydrogen) atoms. The number of hydrogen-bond donors (Lipinski definition) is 1. The fourth-order valence-corrected chi connectivity index (χ4v) is 5.28. The molecule has 2 fully saturated rings. The highest BCUT2D eigenvalue weighted by Gasteiger charge is 2.38. The Kier molecular flexibility index (Phi) is 6.41. The third-order valence-corrected chi connectivity index (χ3v) is 6.86. The third kappa shape index (κ3) is 4.59. The number of ether oxygens (including phenoxy) is 1. The average molecular weight is 395 g/mol. The van der Waals surface area contributed by atoms with Crippen molar-refractivity contribution < 1.29 is 9.84 Å². The lowest BCUT2D eigenvalue weighted by Gasteiger charge is -2.47. The number of aliphatic hydroxyl groups excluding tert-OH is 1. The Morgan fingerprint density at radius 3 is 2.45 bits per heavy atom. The molecule has 2 saturated heterocycles. The molecule has 2 aromatic rings. The van der Waals surface area contributed by atoms with E-state index in [0.717, 1.165) is 44.8 Å². The first-order valence-electron chi connectivity index (χ1n) is 11.0. The van der Waals surface area contributed by atoms with E-state index in [0.29, 0.717) is 6.04 Å². The van der Waals surface area contributed by atoms with Crippen LogP contribution < -0.4 is 9.64 Å². The van der Waals surface area contributed by atoms with Gasteiger partial charge in [-0.2, -0.15) is 0 Å². The smallest absolute Gasteiger partial charge is 0.142 e. The molecule has 4 heteroatoms. The lowest BCUT2D eigenvalue weighted by atomic mass is 9.75. The van der Waals surface area contributed by atoms with Crippen LogP contribution in [0.2, 0.25) is 0 Å². The lowest BCUT2D eigenvalue weighted by molar-refractivity contribution is 0.00727. The van der Waals surface area contributed by atoms with Crippen LogP contribution in [0.25, 0.3) is 0 Å². The van der Waals surface area contributed by atoms with Crippen molar-refractivity contribution in [3.05, 3.63) is 60.2 Å². The summed E-state index contributed by atoms with van der Waals surface area (Å²) in [6.07, 6.45) is 5.62. The Morgan fingerprint density at radius 2 is 1.72 bits per heavy atom. The summed E-state index contributed by atoms with van der Waals surface area (Å²) in [5, 5.41) is 10.3. The molecule has 4 rings (SSSR count). The molecular weight excluding hydrogens is 360 g/mol. The van der Waals surface area contributed by atoms with Gasteiger partial charge in [0.25, 0.3) is 0 Å². The van der Waals surface area contributed by atoms with Gasteiger partial charge in [-0.25, -0.2) is 0 Å². The Bertz CT molecular complexity index is 773. The van der Waals surface area contributed by atoms with E-state index in [9.17, 15) is 5.11 Å². The van der Waals surface area contributed by atoms with Crippen LogP contribution in [0.3, 0.4) is 0 Å². The fourth-order valence-electron chi connectivity index (χ4n) is 5.28. The topological polar surface area (TPSA) is 35.9 Å². The quantitative estimate of drug-likeness (QED) is 0.804. The van der Waals surface area contributed by atoms with Crippen molar-refractivity contribution in [2.24, 2.45) is 5.41 Å². The highest BCUT2D eigenvalue weighted by molar-refractivity contribution is 5.58. The predicted molar refractivity (Wildman–Crippen MR) is 119 cm³/mol. The number of benzene rings is 2. The standard InChI is InChI=1S/C25H34N2O2/c1-29-24-11-6-5-10-23(24)26-16-12-22(13-17-26)27-15-7-14-25(19-27,20-28)18-21-8-3-2-4-9-21/h2-6,8-11,22,28H,7,12-20H2,1H3. The van der Waals surface area contributed by atoms with Gasteiger partial charge >= 0.3 is 0 Å². The number of anilines is 1. The molecular formula is C25H34N2O2. The number of piperidine rings is 2. The Hall–Kier alpha value is -2.04. The van der Waals surface area contributed by atoms with Crippen molar-refractivity contribution in [1.29, 1.82) is 0 Å². The lowest BCUT2D eigenvalue weighted by Crippen LogP contribution is -2.53. The van der Waals surface area contributed by atoms with Gasteiger partial charge in [-0.05, 0) is 56.3 Å². The van der Waals surface area contributed by atoms with Crippen LogP contribution >= 0.6 is 0 Å². The van der Waals surface area contributed by atoms with Crippen LogP contribution in [0.1, 0.15) is 31.2 Å². The molecule has 156 valence electrons. The van der Waals surface area contributed by atoms with Crippen molar-refractivity contribution in [2.45, 2.75) is 38.1 Å². The second-order valence-electron chi connectivity index (χ2n) is 8.78. The predicted octanol–water partition coefficient (Wildman–Crippen LogP) is 3.98. The molecule has 0 aliphatic carbocycles. The first-order chi connectivity index (χ1) is 14.2. The molecule has 4 nitrogen and oxygen atoms in total. The van der Waals surface area contributed by atoms with Crippen molar-refractivity contribution in [2.75, 3.05) is 44.8 Å². The number of hydrogen-bond acceptors (Lipinski definition) is 4. The molecule has 0 radical (unpaired) electrons. The van der Waals surface area contributed by atoms with E-state index in [1.165, 1.54) is 30.5 Å². The molecule has 1 N–H and O–H groups in total. The summed E-state index contributed by atoms with van der Waals surface area (Å²) in [6.45, 7) is 4.57. The van der Waals surface area contributed by atoms with Crippen molar-refractivity contribution in [3.8, 4) is 5.75 Å². The van der Waals surface area contributed by atoms with E-state index in [1.54, 1.807) is 7.11 Å². The van der Waals surface area contributed by atoms with E-state index < -0.39 is 0 Å². The second kappa shape index (κ2) is 9.19. The van der Waals surface area contributed by atoms with E-state index in [4.69, 9.17) is 4.74 Å². The zero-order chi connectivity index (χ0) is 20.1. The summed E-state index contributed by atoms with van der Waals surface area (Å²) in [6, 6.07) is 19.6. The monoisotopic (exact) mass is 394 g/mol. The first-order valence-corrected chi connectivity index (χ1v) is 11.0. The second-order valence-corrected chi connectivity index (χ2v) is 8.78. The summed E-state index contributed by atoms with van der Waals surface area (Å²) < 4.78 is 5.56. The maximum Gasteiger partial charge on any atom is 0.142 e. The summed E-state index contributed by atoms with van der Waals surface area (Å²) in [4.78, 5) is 5.13. The Balaban J connectivity index is 1.39. The fraction of sp³-hybridized carbons (Fsp3) is 0.520. The van der Waals surface area contributed by atoms with Crippen LogP contribution in [-0.2, 0) is 6.42 Å². The van der Waals surface area contributed by atoms with E-state index >= 15 is 0 Å². The highest BCUT2D eigenvalue weighted by Crippen LogP contribution is 2.36. The SMILES string of the molecule is COc1ccccc1N1CCC(N2CCCC(CO)(Cc3ccccc3)C2)CC1. The Labute approximate surface area is 175 Å². The highest BCUT2D eigenvalue weighted by atomic mass is 16.5. The maximum absolute atomic E-state index is 10.3. The molecule has 1 unspecified atom stereocenters. The minimum atomic E-state index is -0.000607. The van der Waals surface area contributed by atoms with Gasteiger partial charge in [-0.1, -0.05) is 42.5 Å². The molecule has 1 atom stereocenters. The number of para-hydroxylation sites is 2. The van der Waals surface area contributed by atoms with Crippen LogP contribution in [0.5, 0.6) is 5.75 Å². The molecule has 0 saturated carbocycles. The molecule has 2 aliphatic rings. The molecule has 2 aliphatic heterocycles. The van der Waals surface area contributed by atoms with Gasteiger partial charge in [-0.15, -0.1) is 0 Å². The van der Waals surface area contributed by atoms with Gasteiger partial charge in [0, 0.05) is 31.1 Å². The first kappa shape index (κ1) is 20.2. The molecule has 0 amide bonds. The zero-order valence-electron chi connectivity index (χ0n) is 17.6. The van der Waals surface area contributed by atoms with E-state index in [2.05, 4.69) is 52.3 Å². The minimum Gasteiger partial charge on any atom is -0.495 e. The summed E-state index contributed by atoms with van der Waals surface area (Å²) in [7, 11) is 1.75. The van der Waals surface area contributed by atoms with Gasteiger partial charge < -0.3 is 14.7 Å². The molecule has 0 spiro atoms. The van der Waals surface area contributed by atoms with Crippen LogP contribution in [0.4, 0.5) is 5.69 Å². The number of rotatable bonds is 6. The molecule has 2 aromatic carbocycles. The third-order valence-electron chi connectivity index (χ3n) is 6.86. The van der Waals surface area contributed by atoms with Crippen LogP contribution in [0, 0.1) is 5.41 Å². The van der Waals surface area contributed by atoms with Crippen molar-refractivity contribution in [3.63, 3.8) is 0 Å². The van der Waals surface area contributed by atoms with Crippen LogP contribution in [-0.4, -0.2) is 55.9 Å². The zero-order valence-corrected chi connectivity index (χ0v) is 17.6. The van der Waals surface area contributed by atoms with Gasteiger partial charge in [0.1, 0.15) is 5.75 Å². The molecule has 0 bridgehead atoms. The number of likely N-dealkylation sites (tertiary alicyclic amines) is 1. The van der Waals surface area contributed by atoms with Crippen molar-refractivity contribution in [1.82, 2.24) is 4.90 Å². The number of methoxy groups -OCH3 is 1. The van der Waals surface area contributed by atoms with Crippen LogP contribution in [0.15, 0.2) is 54.6 Å². The van der Waals surface area contributed by atoms with Crippen molar-refractivity contribution >= 4 is 5.69 Å². The number of nitrogens with zero attached hydrogens (tertiary/aromatic N) is 2. The Morgan fingerprint density at radius 1 is 1.00 bits per heavy atom. The average Bonchev–Trinajstić information content (AvgIpc) is 2.80. The summed E-state index contributed by atoms with van der Waals surface area (Å²) in [5.74, 6) is 0.964. The molecule has 2 heterocycles. The summed E-state index contributed by atoms with van der Waals surface area (Å²) >= 11 is 0. The maximum atomic E-state index is 10.3. The minimum absolute atomic E-state index is 0.000607. The van der Waals surface area contributed by atoms with Gasteiger partial charge in [0.15, 0.2) is 0 Å². The molecule has 0 aromatic heterocycles. The largest absolute Gasteiger partial charge is 0.495 e. The van der Waals surface area contributed by atoms with Gasteiger partial charge in [0.05, 0.1) is 19.4 Å². The van der Waals surface area contributed by atoms with Gasteiger partial charge in [0.2, 0.25) is 0 Å². The normalized spacial score (nSPS) is 23.9. The van der Waals surface area contributed by atoms with Gasteiger partial charge in [-0.3, -0.25) is 4.90 Å².